The summed E-state index contributed by atoms with van der Waals surface area (Å²) in [4.78, 5) is 4.97. The highest BCUT2D eigenvalue weighted by Crippen LogP contribution is 2.22. The molecule has 0 amide bonds. The molecule has 1 rings (SSSR count). The topological polar surface area (TPSA) is 18.5 Å². The zero-order valence-electron chi connectivity index (χ0n) is 13.3. The van der Waals surface area contributed by atoms with E-state index in [9.17, 15) is 0 Å². The van der Waals surface area contributed by atoms with Gasteiger partial charge in [0.2, 0.25) is 0 Å². The predicted octanol–water partition coefficient (Wildman–Crippen LogP) is 2.04. The van der Waals surface area contributed by atoms with Gasteiger partial charge in [-0.1, -0.05) is 20.8 Å². The molecule has 2 unspecified atom stereocenters. The summed E-state index contributed by atoms with van der Waals surface area (Å²) in [6.45, 7) is 14.2. The molecule has 3 heteroatoms. The van der Waals surface area contributed by atoms with Crippen LogP contribution in [0.3, 0.4) is 0 Å². The fraction of sp³-hybridized carbons (Fsp3) is 1.00. The molecule has 0 aliphatic carbocycles. The number of hydrogen-bond donors (Lipinski definition) is 1. The lowest BCUT2D eigenvalue weighted by molar-refractivity contribution is 0.150. The first-order valence-corrected chi connectivity index (χ1v) is 7.43. The van der Waals surface area contributed by atoms with Crippen LogP contribution in [0.4, 0.5) is 0 Å². The highest BCUT2D eigenvalue weighted by Gasteiger charge is 2.29. The van der Waals surface area contributed by atoms with Crippen molar-refractivity contribution in [3.63, 3.8) is 0 Å². The van der Waals surface area contributed by atoms with Crippen molar-refractivity contribution in [2.24, 2.45) is 5.41 Å². The van der Waals surface area contributed by atoms with Crippen LogP contribution in [-0.2, 0) is 0 Å². The monoisotopic (exact) mass is 255 g/mol. The molecule has 1 aliphatic heterocycles. The van der Waals surface area contributed by atoms with Crippen LogP contribution in [0.15, 0.2) is 0 Å². The Morgan fingerprint density at radius 3 is 2.56 bits per heavy atom. The lowest BCUT2D eigenvalue weighted by atomic mass is 9.86. The fourth-order valence-corrected chi connectivity index (χ4v) is 2.56. The predicted molar refractivity (Wildman–Crippen MR) is 80.1 cm³/mol. The number of rotatable bonds is 4. The van der Waals surface area contributed by atoms with Gasteiger partial charge in [-0.2, -0.15) is 0 Å². The molecule has 0 aromatic carbocycles. The minimum absolute atomic E-state index is 0.351. The maximum atomic E-state index is 3.72. The highest BCUT2D eigenvalue weighted by atomic mass is 15.2. The van der Waals surface area contributed by atoms with Crippen molar-refractivity contribution in [1.29, 1.82) is 0 Å². The molecule has 18 heavy (non-hydrogen) atoms. The lowest BCUT2D eigenvalue weighted by Crippen LogP contribution is -2.48. The van der Waals surface area contributed by atoms with Gasteiger partial charge in [0, 0.05) is 18.6 Å². The standard InChI is InChI=1S/C15H33N3/c1-13(8-11-17(5)6)18-10-7-9-16-14(12-18)15(2,3)4/h13-14,16H,7-12H2,1-6H3. The summed E-state index contributed by atoms with van der Waals surface area (Å²) in [7, 11) is 4.32. The van der Waals surface area contributed by atoms with E-state index >= 15 is 0 Å². The van der Waals surface area contributed by atoms with Crippen LogP contribution in [-0.4, -0.2) is 62.2 Å². The van der Waals surface area contributed by atoms with Gasteiger partial charge >= 0.3 is 0 Å². The second-order valence-corrected chi connectivity index (χ2v) is 7.16. The normalized spacial score (nSPS) is 25.2. The fourth-order valence-electron chi connectivity index (χ4n) is 2.56. The Hall–Kier alpha value is -0.120. The van der Waals surface area contributed by atoms with Crippen LogP contribution < -0.4 is 5.32 Å². The van der Waals surface area contributed by atoms with Gasteiger partial charge in [-0.3, -0.25) is 4.90 Å². The van der Waals surface area contributed by atoms with Gasteiger partial charge in [0.05, 0.1) is 0 Å². The molecule has 3 nitrogen and oxygen atoms in total. The Morgan fingerprint density at radius 1 is 1.33 bits per heavy atom. The van der Waals surface area contributed by atoms with Crippen LogP contribution in [0.5, 0.6) is 0 Å². The summed E-state index contributed by atoms with van der Waals surface area (Å²) in [6.07, 6.45) is 2.54. The minimum atomic E-state index is 0.351. The highest BCUT2D eigenvalue weighted by molar-refractivity contribution is 4.87. The molecule has 108 valence electrons. The number of nitrogens with one attached hydrogen (secondary N) is 1. The van der Waals surface area contributed by atoms with E-state index in [0.717, 1.165) is 0 Å². The molecule has 0 aromatic rings. The minimum Gasteiger partial charge on any atom is -0.312 e. The first-order chi connectivity index (χ1) is 8.30. The van der Waals surface area contributed by atoms with Crippen LogP contribution in [0.25, 0.3) is 0 Å². The number of hydrogen-bond acceptors (Lipinski definition) is 3. The molecule has 1 fully saturated rings. The Morgan fingerprint density at radius 2 is 2.00 bits per heavy atom. The molecule has 1 N–H and O–H groups in total. The van der Waals surface area contributed by atoms with Crippen molar-refractivity contribution >= 4 is 0 Å². The van der Waals surface area contributed by atoms with Gasteiger partial charge in [-0.15, -0.1) is 0 Å². The quantitative estimate of drug-likeness (QED) is 0.829. The maximum absolute atomic E-state index is 3.72. The third-order valence-electron chi connectivity index (χ3n) is 4.09. The Balaban J connectivity index is 2.53. The Kier molecular flexibility index (Phi) is 6.09. The third-order valence-corrected chi connectivity index (χ3v) is 4.09. The first kappa shape index (κ1) is 15.9. The molecule has 0 spiro atoms. The molecule has 1 saturated heterocycles. The summed E-state index contributed by atoms with van der Waals surface area (Å²) >= 11 is 0. The van der Waals surface area contributed by atoms with E-state index in [1.54, 1.807) is 0 Å². The second kappa shape index (κ2) is 6.88. The van der Waals surface area contributed by atoms with Gasteiger partial charge in [-0.05, 0) is 58.9 Å². The molecular weight excluding hydrogens is 222 g/mol. The van der Waals surface area contributed by atoms with E-state index in [0.29, 0.717) is 17.5 Å². The third kappa shape index (κ3) is 5.25. The van der Waals surface area contributed by atoms with Crippen molar-refractivity contribution in [1.82, 2.24) is 15.1 Å². The summed E-state index contributed by atoms with van der Waals surface area (Å²) in [5, 5.41) is 3.72. The van der Waals surface area contributed by atoms with E-state index in [1.807, 2.05) is 0 Å². The summed E-state index contributed by atoms with van der Waals surface area (Å²) in [6, 6.07) is 1.30. The van der Waals surface area contributed by atoms with E-state index in [-0.39, 0.29) is 0 Å². The van der Waals surface area contributed by atoms with Gasteiger partial charge in [0.25, 0.3) is 0 Å². The summed E-state index contributed by atoms with van der Waals surface area (Å²) in [5.74, 6) is 0. The van der Waals surface area contributed by atoms with Gasteiger partial charge in [0.1, 0.15) is 0 Å². The van der Waals surface area contributed by atoms with Crippen LogP contribution >= 0.6 is 0 Å². The van der Waals surface area contributed by atoms with Crippen LogP contribution in [0.1, 0.15) is 40.5 Å². The van der Waals surface area contributed by atoms with Crippen LogP contribution in [0, 0.1) is 5.41 Å². The summed E-state index contributed by atoms with van der Waals surface area (Å²) < 4.78 is 0. The molecule has 0 aromatic heterocycles. The van der Waals surface area contributed by atoms with Gasteiger partial charge in [-0.25, -0.2) is 0 Å². The lowest BCUT2D eigenvalue weighted by Gasteiger charge is -2.36. The second-order valence-electron chi connectivity index (χ2n) is 7.16. The van der Waals surface area contributed by atoms with E-state index in [4.69, 9.17) is 0 Å². The van der Waals surface area contributed by atoms with E-state index in [2.05, 4.69) is 56.9 Å². The van der Waals surface area contributed by atoms with Gasteiger partial charge in [0.15, 0.2) is 0 Å². The molecule has 2 atom stereocenters. The SMILES string of the molecule is CC(CCN(C)C)N1CCCNC(C(C)(C)C)C1. The molecule has 0 saturated carbocycles. The van der Waals surface area contributed by atoms with Crippen molar-refractivity contribution in [3.8, 4) is 0 Å². The molecule has 1 aliphatic rings. The zero-order valence-corrected chi connectivity index (χ0v) is 13.3. The average Bonchev–Trinajstić information content (AvgIpc) is 2.50. The maximum Gasteiger partial charge on any atom is 0.0243 e. The average molecular weight is 255 g/mol. The number of nitrogens with zero attached hydrogens (tertiary/aromatic N) is 2. The smallest absolute Gasteiger partial charge is 0.0243 e. The van der Waals surface area contributed by atoms with Gasteiger partial charge < -0.3 is 10.2 Å². The van der Waals surface area contributed by atoms with Crippen molar-refractivity contribution in [3.05, 3.63) is 0 Å². The Labute approximate surface area is 114 Å². The zero-order chi connectivity index (χ0) is 13.8. The van der Waals surface area contributed by atoms with E-state index < -0.39 is 0 Å². The van der Waals surface area contributed by atoms with Crippen molar-refractivity contribution in [2.75, 3.05) is 40.3 Å². The molecule has 1 heterocycles. The molecular formula is C15H33N3. The molecule has 0 radical (unpaired) electrons. The van der Waals surface area contributed by atoms with Crippen molar-refractivity contribution < 1.29 is 0 Å². The van der Waals surface area contributed by atoms with Crippen molar-refractivity contribution in [2.45, 2.75) is 52.6 Å². The Bertz CT molecular complexity index is 232. The largest absolute Gasteiger partial charge is 0.312 e. The summed E-state index contributed by atoms with van der Waals surface area (Å²) in [5.41, 5.74) is 0.351. The van der Waals surface area contributed by atoms with Crippen LogP contribution in [0.2, 0.25) is 0 Å². The molecule has 0 bridgehead atoms. The first-order valence-electron chi connectivity index (χ1n) is 7.43. The van der Waals surface area contributed by atoms with E-state index in [1.165, 1.54) is 39.0 Å².